The molecule has 0 radical (unpaired) electrons. The molecule has 0 saturated carbocycles. The smallest absolute Gasteiger partial charge is 0.237 e. The van der Waals surface area contributed by atoms with E-state index in [1.807, 2.05) is 6.92 Å². The Morgan fingerprint density at radius 1 is 1.40 bits per heavy atom. The van der Waals surface area contributed by atoms with Crippen LogP contribution in [0.3, 0.4) is 0 Å². The monoisotopic (exact) mass is 213 g/mol. The van der Waals surface area contributed by atoms with Crippen molar-refractivity contribution in [3.8, 4) is 0 Å². The maximum atomic E-state index is 11.6. The van der Waals surface area contributed by atoms with Gasteiger partial charge in [-0.2, -0.15) is 0 Å². The minimum Gasteiger partial charge on any atom is -0.368 e. The van der Waals surface area contributed by atoms with Crippen LogP contribution in [-0.4, -0.2) is 42.5 Å². The van der Waals surface area contributed by atoms with E-state index in [-0.39, 0.29) is 5.91 Å². The molecule has 1 fully saturated rings. The predicted molar refractivity (Wildman–Crippen MR) is 61.6 cm³/mol. The Kier molecular flexibility index (Phi) is 4.54. The highest BCUT2D eigenvalue weighted by Crippen LogP contribution is 2.22. The van der Waals surface area contributed by atoms with Crippen molar-refractivity contribution in [2.24, 2.45) is 5.73 Å². The maximum Gasteiger partial charge on any atom is 0.237 e. The van der Waals surface area contributed by atoms with Gasteiger partial charge in [-0.25, -0.2) is 0 Å². The van der Waals surface area contributed by atoms with E-state index in [2.05, 4.69) is 17.1 Å². The number of primary amides is 1. The van der Waals surface area contributed by atoms with Gasteiger partial charge in [0.25, 0.3) is 0 Å². The van der Waals surface area contributed by atoms with Crippen molar-refractivity contribution in [1.29, 1.82) is 0 Å². The molecule has 0 aromatic heterocycles. The lowest BCUT2D eigenvalue weighted by Gasteiger charge is -2.30. The molecule has 15 heavy (non-hydrogen) atoms. The number of rotatable bonds is 4. The Labute approximate surface area is 92.2 Å². The van der Waals surface area contributed by atoms with E-state index in [0.29, 0.717) is 0 Å². The third-order valence-corrected chi connectivity index (χ3v) is 3.37. The third kappa shape index (κ3) is 2.92. The van der Waals surface area contributed by atoms with E-state index in [1.165, 1.54) is 0 Å². The van der Waals surface area contributed by atoms with Gasteiger partial charge in [-0.05, 0) is 38.9 Å². The standard InChI is InChI=1S/C11H23N3O/c1-3-13-11(10(12)15)6-5-8-14(4-2)9-7-11/h13H,3-9H2,1-2H3,(H2,12,15). The largest absolute Gasteiger partial charge is 0.368 e. The predicted octanol–water partition coefficient (Wildman–Crippen LogP) is 0.326. The fourth-order valence-electron chi connectivity index (χ4n) is 2.36. The van der Waals surface area contributed by atoms with Crippen molar-refractivity contribution in [2.75, 3.05) is 26.2 Å². The second-order valence-corrected chi connectivity index (χ2v) is 4.26. The topological polar surface area (TPSA) is 58.4 Å². The molecule has 1 aliphatic heterocycles. The molecule has 1 aliphatic rings. The molecule has 1 amide bonds. The summed E-state index contributed by atoms with van der Waals surface area (Å²) in [6.45, 7) is 8.08. The average Bonchev–Trinajstić information content (AvgIpc) is 2.42. The zero-order chi connectivity index (χ0) is 11.3. The normalized spacial score (nSPS) is 28.7. The van der Waals surface area contributed by atoms with Crippen molar-refractivity contribution in [2.45, 2.75) is 38.6 Å². The zero-order valence-corrected chi connectivity index (χ0v) is 9.88. The van der Waals surface area contributed by atoms with Crippen LogP contribution in [0.2, 0.25) is 0 Å². The number of likely N-dealkylation sites (N-methyl/N-ethyl adjacent to an activating group) is 1. The Hall–Kier alpha value is -0.610. The molecule has 1 rings (SSSR count). The van der Waals surface area contributed by atoms with Crippen LogP contribution < -0.4 is 11.1 Å². The first kappa shape index (κ1) is 12.5. The molecule has 0 spiro atoms. The zero-order valence-electron chi connectivity index (χ0n) is 9.88. The highest BCUT2D eigenvalue weighted by atomic mass is 16.1. The van der Waals surface area contributed by atoms with Crippen molar-refractivity contribution in [3.63, 3.8) is 0 Å². The fraction of sp³-hybridized carbons (Fsp3) is 0.909. The highest BCUT2D eigenvalue weighted by molar-refractivity contribution is 5.84. The molecule has 88 valence electrons. The Bertz CT molecular complexity index is 220. The molecule has 0 aromatic rings. The number of nitrogens with two attached hydrogens (primary N) is 1. The number of carbonyl (C=O) groups is 1. The summed E-state index contributed by atoms with van der Waals surface area (Å²) in [5.74, 6) is -0.192. The van der Waals surface area contributed by atoms with Crippen LogP contribution in [0.15, 0.2) is 0 Å². The molecule has 4 nitrogen and oxygen atoms in total. The van der Waals surface area contributed by atoms with Crippen LogP contribution >= 0.6 is 0 Å². The van der Waals surface area contributed by atoms with Crippen LogP contribution in [0.1, 0.15) is 33.1 Å². The lowest BCUT2D eigenvalue weighted by atomic mass is 9.89. The summed E-state index contributed by atoms with van der Waals surface area (Å²) in [4.78, 5) is 13.9. The lowest BCUT2D eigenvalue weighted by molar-refractivity contribution is -0.124. The van der Waals surface area contributed by atoms with Gasteiger partial charge in [0.05, 0.1) is 5.54 Å². The minimum atomic E-state index is -0.460. The molecule has 1 atom stereocenters. The Morgan fingerprint density at radius 3 is 2.67 bits per heavy atom. The highest BCUT2D eigenvalue weighted by Gasteiger charge is 2.36. The second-order valence-electron chi connectivity index (χ2n) is 4.26. The van der Waals surface area contributed by atoms with Gasteiger partial charge < -0.3 is 16.0 Å². The second kappa shape index (κ2) is 5.47. The molecule has 0 bridgehead atoms. The first-order chi connectivity index (χ1) is 7.14. The first-order valence-corrected chi connectivity index (χ1v) is 5.92. The van der Waals surface area contributed by atoms with Crippen molar-refractivity contribution < 1.29 is 4.79 Å². The van der Waals surface area contributed by atoms with Crippen molar-refractivity contribution in [3.05, 3.63) is 0 Å². The van der Waals surface area contributed by atoms with Crippen molar-refractivity contribution >= 4 is 5.91 Å². The van der Waals surface area contributed by atoms with Crippen LogP contribution in [-0.2, 0) is 4.79 Å². The van der Waals surface area contributed by atoms with Crippen molar-refractivity contribution in [1.82, 2.24) is 10.2 Å². The number of carbonyl (C=O) groups excluding carboxylic acids is 1. The summed E-state index contributed by atoms with van der Waals surface area (Å²) in [7, 11) is 0. The first-order valence-electron chi connectivity index (χ1n) is 5.92. The number of nitrogens with one attached hydrogen (secondary N) is 1. The average molecular weight is 213 g/mol. The number of hydrogen-bond donors (Lipinski definition) is 2. The number of hydrogen-bond acceptors (Lipinski definition) is 3. The van der Waals surface area contributed by atoms with E-state index in [0.717, 1.165) is 45.4 Å². The molecule has 1 unspecified atom stereocenters. The van der Waals surface area contributed by atoms with E-state index < -0.39 is 5.54 Å². The van der Waals surface area contributed by atoms with Gasteiger partial charge in [-0.1, -0.05) is 13.8 Å². The molecule has 1 saturated heterocycles. The summed E-state index contributed by atoms with van der Waals surface area (Å²) in [6, 6.07) is 0. The summed E-state index contributed by atoms with van der Waals surface area (Å²) in [6.07, 6.45) is 2.75. The van der Waals surface area contributed by atoms with Gasteiger partial charge in [-0.3, -0.25) is 4.79 Å². The van der Waals surface area contributed by atoms with Crippen LogP contribution in [0.5, 0.6) is 0 Å². The third-order valence-electron chi connectivity index (χ3n) is 3.37. The van der Waals surface area contributed by atoms with Gasteiger partial charge in [0.15, 0.2) is 0 Å². The number of likely N-dealkylation sites (tertiary alicyclic amines) is 1. The molecule has 4 heteroatoms. The van der Waals surface area contributed by atoms with Crippen LogP contribution in [0, 0.1) is 0 Å². The van der Waals surface area contributed by atoms with Gasteiger partial charge in [0.2, 0.25) is 5.91 Å². The number of amides is 1. The van der Waals surface area contributed by atoms with E-state index in [9.17, 15) is 4.79 Å². The van der Waals surface area contributed by atoms with Crippen LogP contribution in [0.25, 0.3) is 0 Å². The van der Waals surface area contributed by atoms with Crippen LogP contribution in [0.4, 0.5) is 0 Å². The molecule has 0 aromatic carbocycles. The van der Waals surface area contributed by atoms with Gasteiger partial charge >= 0.3 is 0 Å². The fourth-order valence-corrected chi connectivity index (χ4v) is 2.36. The molecule has 1 heterocycles. The summed E-state index contributed by atoms with van der Waals surface area (Å²) in [5.41, 5.74) is 5.06. The van der Waals surface area contributed by atoms with Gasteiger partial charge in [0, 0.05) is 6.54 Å². The Morgan fingerprint density at radius 2 is 2.13 bits per heavy atom. The number of nitrogens with zero attached hydrogens (tertiary/aromatic N) is 1. The maximum absolute atomic E-state index is 11.6. The molecular formula is C11H23N3O. The van der Waals surface area contributed by atoms with E-state index in [1.54, 1.807) is 0 Å². The quantitative estimate of drug-likeness (QED) is 0.707. The summed E-state index contributed by atoms with van der Waals surface area (Å²) >= 11 is 0. The summed E-state index contributed by atoms with van der Waals surface area (Å²) < 4.78 is 0. The van der Waals surface area contributed by atoms with E-state index >= 15 is 0 Å². The molecule has 3 N–H and O–H groups in total. The van der Waals surface area contributed by atoms with E-state index in [4.69, 9.17) is 5.73 Å². The summed E-state index contributed by atoms with van der Waals surface area (Å²) in [5, 5.41) is 3.28. The molecular weight excluding hydrogens is 190 g/mol. The van der Waals surface area contributed by atoms with Gasteiger partial charge in [-0.15, -0.1) is 0 Å². The minimum absolute atomic E-state index is 0.192. The van der Waals surface area contributed by atoms with Gasteiger partial charge in [0.1, 0.15) is 0 Å². The molecule has 0 aliphatic carbocycles. The Balaban J connectivity index is 2.68. The SMILES string of the molecule is CCNC1(C(N)=O)CCCN(CC)CC1. The lowest BCUT2D eigenvalue weighted by Crippen LogP contribution is -2.55.